The summed E-state index contributed by atoms with van der Waals surface area (Å²) in [6, 6.07) is 19.0. The van der Waals surface area contributed by atoms with Crippen molar-refractivity contribution < 1.29 is 24.2 Å². The van der Waals surface area contributed by atoms with Crippen LogP contribution >= 0.6 is 0 Å². The smallest absolute Gasteiger partial charge is 0.336 e. The molecule has 0 spiro atoms. The highest BCUT2D eigenvalue weighted by Crippen LogP contribution is 2.25. The third kappa shape index (κ3) is 4.93. The minimum absolute atomic E-state index is 0.0405. The Morgan fingerprint density at radius 3 is 2.42 bits per heavy atom. The molecule has 7 heteroatoms. The summed E-state index contributed by atoms with van der Waals surface area (Å²) in [5.41, 5.74) is 3.35. The van der Waals surface area contributed by atoms with Crippen molar-refractivity contribution in [1.82, 2.24) is 4.90 Å². The highest BCUT2D eigenvalue weighted by molar-refractivity contribution is 6.05. The van der Waals surface area contributed by atoms with Crippen LogP contribution in [0.5, 0.6) is 5.75 Å². The molecule has 1 heterocycles. The summed E-state index contributed by atoms with van der Waals surface area (Å²) in [5.74, 6) is -0.979. The van der Waals surface area contributed by atoms with Crippen LogP contribution in [0.1, 0.15) is 37.4 Å². The molecule has 1 aliphatic heterocycles. The maximum Gasteiger partial charge on any atom is 0.336 e. The molecule has 0 bridgehead atoms. The number of anilines is 1. The van der Waals surface area contributed by atoms with Gasteiger partial charge in [-0.2, -0.15) is 0 Å². The average molecular weight is 442 g/mol. The lowest BCUT2D eigenvalue weighted by atomic mass is 10.0. The topological polar surface area (TPSA) is 95.9 Å². The number of fused-ring (bicyclic) bond motifs is 1. The van der Waals surface area contributed by atoms with Gasteiger partial charge in [0.15, 0.2) is 0 Å². The number of amides is 2. The van der Waals surface area contributed by atoms with Gasteiger partial charge in [-0.3, -0.25) is 9.59 Å². The Bertz CT molecular complexity index is 1250. The fraction of sp³-hybridized carbons (Fsp3) is 0.115. The van der Waals surface area contributed by atoms with E-state index in [0.29, 0.717) is 5.69 Å². The molecule has 0 unspecified atom stereocenters. The van der Waals surface area contributed by atoms with Gasteiger partial charge < -0.3 is 20.1 Å². The molecule has 4 rings (SSSR count). The van der Waals surface area contributed by atoms with Crippen molar-refractivity contribution in [3.05, 3.63) is 101 Å². The first kappa shape index (κ1) is 21.8. The van der Waals surface area contributed by atoms with Gasteiger partial charge in [-0.15, -0.1) is 0 Å². The first-order valence-corrected chi connectivity index (χ1v) is 10.3. The Labute approximate surface area is 190 Å². The molecule has 0 aromatic heterocycles. The van der Waals surface area contributed by atoms with Crippen LogP contribution in [0, 0.1) is 0 Å². The van der Waals surface area contributed by atoms with Crippen molar-refractivity contribution in [3.63, 3.8) is 0 Å². The Morgan fingerprint density at radius 1 is 1.00 bits per heavy atom. The number of hydrogen-bond acceptors (Lipinski definition) is 4. The van der Waals surface area contributed by atoms with Crippen LogP contribution in [0.2, 0.25) is 0 Å². The second kappa shape index (κ2) is 9.40. The predicted molar refractivity (Wildman–Crippen MR) is 124 cm³/mol. The molecule has 7 nitrogen and oxygen atoms in total. The van der Waals surface area contributed by atoms with Gasteiger partial charge in [0, 0.05) is 11.9 Å². The number of ether oxygens (including phenoxy) is 1. The van der Waals surface area contributed by atoms with Crippen LogP contribution in [0.4, 0.5) is 5.69 Å². The number of carbonyl (C=O) groups excluding carboxylic acids is 2. The Balaban J connectivity index is 1.46. The summed E-state index contributed by atoms with van der Waals surface area (Å²) in [6.45, 7) is 0.265. The summed E-state index contributed by atoms with van der Waals surface area (Å²) in [5, 5.41) is 12.3. The van der Waals surface area contributed by atoms with Gasteiger partial charge in [0.05, 0.1) is 31.2 Å². The van der Waals surface area contributed by atoms with Crippen molar-refractivity contribution in [2.24, 2.45) is 0 Å². The zero-order chi connectivity index (χ0) is 23.4. The molecule has 166 valence electrons. The molecule has 1 aliphatic rings. The van der Waals surface area contributed by atoms with E-state index in [1.54, 1.807) is 31.5 Å². The van der Waals surface area contributed by atoms with Gasteiger partial charge in [-0.1, -0.05) is 30.3 Å². The van der Waals surface area contributed by atoms with E-state index >= 15 is 0 Å². The molecule has 2 N–H and O–H groups in total. The Hall–Kier alpha value is -4.39. The van der Waals surface area contributed by atoms with Crippen molar-refractivity contribution in [1.29, 1.82) is 0 Å². The molecular formula is C26H22N2O5. The lowest BCUT2D eigenvalue weighted by molar-refractivity contribution is -0.115. The molecule has 0 saturated carbocycles. The molecule has 0 saturated heterocycles. The van der Waals surface area contributed by atoms with Crippen molar-refractivity contribution in [3.8, 4) is 5.75 Å². The van der Waals surface area contributed by atoms with Crippen molar-refractivity contribution in [2.75, 3.05) is 12.4 Å². The highest BCUT2D eigenvalue weighted by atomic mass is 16.5. The third-order valence-electron chi connectivity index (χ3n) is 5.37. The van der Waals surface area contributed by atoms with Gasteiger partial charge >= 0.3 is 5.97 Å². The van der Waals surface area contributed by atoms with E-state index in [1.807, 2.05) is 42.5 Å². The van der Waals surface area contributed by atoms with Crippen LogP contribution in [0.3, 0.4) is 0 Å². The number of methoxy groups -OCH3 is 1. The van der Waals surface area contributed by atoms with Crippen LogP contribution in [-0.2, 0) is 17.8 Å². The Kier molecular flexibility index (Phi) is 6.22. The van der Waals surface area contributed by atoms with E-state index in [-0.39, 0.29) is 30.0 Å². The number of hydrogen-bond donors (Lipinski definition) is 2. The number of aromatic carboxylic acids is 1. The second-order valence-corrected chi connectivity index (χ2v) is 7.59. The van der Waals surface area contributed by atoms with Gasteiger partial charge in [0.25, 0.3) is 5.91 Å². The van der Waals surface area contributed by atoms with Gasteiger partial charge in [-0.05, 0) is 59.2 Å². The number of rotatable bonds is 6. The number of nitrogens with zero attached hydrogens (tertiary/aromatic N) is 1. The molecule has 0 radical (unpaired) electrons. The number of carboxylic acid groups (broad SMARTS) is 1. The zero-order valence-electron chi connectivity index (χ0n) is 17.9. The molecule has 2 amide bonds. The summed E-state index contributed by atoms with van der Waals surface area (Å²) < 4.78 is 5.13. The van der Waals surface area contributed by atoms with Gasteiger partial charge in [-0.25, -0.2) is 4.79 Å². The van der Waals surface area contributed by atoms with E-state index in [4.69, 9.17) is 4.74 Å². The predicted octanol–water partition coefficient (Wildman–Crippen LogP) is 4.20. The maximum atomic E-state index is 13.0. The van der Waals surface area contributed by atoms with Crippen molar-refractivity contribution in [2.45, 2.75) is 13.0 Å². The number of carboxylic acids is 1. The van der Waals surface area contributed by atoms with Crippen molar-refractivity contribution >= 4 is 29.5 Å². The first-order valence-electron chi connectivity index (χ1n) is 10.3. The molecule has 33 heavy (non-hydrogen) atoms. The summed E-state index contributed by atoms with van der Waals surface area (Å²) in [7, 11) is 1.59. The number of carbonyl (C=O) groups is 3. The second-order valence-electron chi connectivity index (χ2n) is 7.59. The van der Waals surface area contributed by atoms with E-state index in [9.17, 15) is 19.5 Å². The van der Waals surface area contributed by atoms with E-state index in [1.165, 1.54) is 17.0 Å². The molecule has 3 aromatic carbocycles. The third-order valence-corrected chi connectivity index (χ3v) is 5.37. The molecule has 0 fully saturated rings. The van der Waals surface area contributed by atoms with E-state index < -0.39 is 11.9 Å². The molecule has 3 aromatic rings. The summed E-state index contributed by atoms with van der Waals surface area (Å²) >= 11 is 0. The monoisotopic (exact) mass is 442 g/mol. The fourth-order valence-electron chi connectivity index (χ4n) is 3.67. The summed E-state index contributed by atoms with van der Waals surface area (Å²) in [6.07, 6.45) is 3.66. The minimum atomic E-state index is -1.15. The molecule has 0 atom stereocenters. The average Bonchev–Trinajstić information content (AvgIpc) is 2.83. The SMILES string of the molecule is COc1ccc(CC(=O)Nc2ccc3c(c2)CN(C(=O)c2ccccc2C(=O)O)C=C3)cc1. The standard InChI is InChI=1S/C26H22N2O5/c1-33-21-10-6-17(7-11-21)14-24(29)27-20-9-8-18-12-13-28(16-19(18)15-20)25(30)22-4-2-3-5-23(22)26(31)32/h2-13,15H,14,16H2,1H3,(H,27,29)(H,31,32). The number of nitrogens with one attached hydrogen (secondary N) is 1. The zero-order valence-corrected chi connectivity index (χ0v) is 17.9. The van der Waals surface area contributed by atoms with Crippen LogP contribution in [-0.4, -0.2) is 34.9 Å². The van der Waals surface area contributed by atoms with Crippen LogP contribution in [0.15, 0.2) is 72.9 Å². The highest BCUT2D eigenvalue weighted by Gasteiger charge is 2.23. The largest absolute Gasteiger partial charge is 0.497 e. The lowest BCUT2D eigenvalue weighted by Crippen LogP contribution is -2.29. The van der Waals surface area contributed by atoms with Gasteiger partial charge in [0.1, 0.15) is 5.75 Å². The summed E-state index contributed by atoms with van der Waals surface area (Å²) in [4.78, 5) is 38.4. The van der Waals surface area contributed by atoms with E-state index in [2.05, 4.69) is 5.32 Å². The minimum Gasteiger partial charge on any atom is -0.497 e. The quantitative estimate of drug-likeness (QED) is 0.597. The molecular weight excluding hydrogens is 420 g/mol. The first-order chi connectivity index (χ1) is 15.9. The lowest BCUT2D eigenvalue weighted by Gasteiger charge is -2.24. The maximum absolute atomic E-state index is 13.0. The normalized spacial score (nSPS) is 12.1. The number of benzene rings is 3. The Morgan fingerprint density at radius 2 is 1.73 bits per heavy atom. The van der Waals surface area contributed by atoms with E-state index in [0.717, 1.165) is 22.4 Å². The van der Waals surface area contributed by atoms with Crippen LogP contribution < -0.4 is 10.1 Å². The van der Waals surface area contributed by atoms with Gasteiger partial charge in [0.2, 0.25) is 5.91 Å². The fourth-order valence-corrected chi connectivity index (χ4v) is 3.67. The van der Waals surface area contributed by atoms with Crippen LogP contribution in [0.25, 0.3) is 6.08 Å². The molecule has 0 aliphatic carbocycles.